The maximum atomic E-state index is 11.2. The molecule has 0 atom stereocenters. The van der Waals surface area contributed by atoms with Gasteiger partial charge in [-0.15, -0.1) is 0 Å². The second-order valence-corrected chi connectivity index (χ2v) is 4.51. The van der Waals surface area contributed by atoms with Crippen LogP contribution in [-0.4, -0.2) is 16.0 Å². The van der Waals surface area contributed by atoms with Gasteiger partial charge in [-0.2, -0.15) is 0 Å². The highest BCUT2D eigenvalue weighted by atomic mass is 16.6. The minimum atomic E-state index is -1.07. The first-order chi connectivity index (χ1) is 9.88. The van der Waals surface area contributed by atoms with Gasteiger partial charge < -0.3 is 16.2 Å². The summed E-state index contributed by atoms with van der Waals surface area (Å²) < 4.78 is 0. The fourth-order valence-corrected chi connectivity index (χ4v) is 1.87. The lowest BCUT2D eigenvalue weighted by atomic mass is 10.1. The van der Waals surface area contributed by atoms with Gasteiger partial charge >= 0.3 is 5.97 Å². The van der Waals surface area contributed by atoms with Gasteiger partial charge in [-0.1, -0.05) is 11.6 Å². The molecular formula is C14H13N3O4. The number of nitrogen functional groups attached to an aromatic ring is 1. The Bertz CT molecular complexity index is 728. The molecule has 2 aromatic carbocycles. The van der Waals surface area contributed by atoms with E-state index in [0.717, 1.165) is 5.56 Å². The molecule has 2 rings (SSSR count). The number of anilines is 3. The lowest BCUT2D eigenvalue weighted by molar-refractivity contribution is -0.384. The van der Waals surface area contributed by atoms with Crippen LogP contribution in [0.4, 0.5) is 22.7 Å². The Balaban J connectivity index is 2.39. The Morgan fingerprint density at radius 3 is 2.48 bits per heavy atom. The number of carboxylic acids is 1. The summed E-state index contributed by atoms with van der Waals surface area (Å²) in [5.41, 5.74) is 7.49. The molecule has 0 bridgehead atoms. The average Bonchev–Trinajstić information content (AvgIpc) is 2.42. The molecule has 0 unspecified atom stereocenters. The van der Waals surface area contributed by atoms with Gasteiger partial charge in [0, 0.05) is 12.1 Å². The number of aryl methyl sites for hydroxylation is 1. The van der Waals surface area contributed by atoms with Crippen molar-refractivity contribution < 1.29 is 14.8 Å². The van der Waals surface area contributed by atoms with Gasteiger partial charge in [0.1, 0.15) is 0 Å². The Labute approximate surface area is 120 Å². The van der Waals surface area contributed by atoms with Crippen LogP contribution in [0.2, 0.25) is 0 Å². The van der Waals surface area contributed by atoms with E-state index < -0.39 is 10.9 Å². The molecule has 0 aliphatic rings. The minimum Gasteiger partial charge on any atom is -0.478 e. The third-order valence-corrected chi connectivity index (χ3v) is 2.92. The van der Waals surface area contributed by atoms with E-state index in [2.05, 4.69) is 5.32 Å². The number of hydrogen-bond acceptors (Lipinski definition) is 5. The summed E-state index contributed by atoms with van der Waals surface area (Å²) in [6, 6.07) is 8.88. The van der Waals surface area contributed by atoms with Crippen LogP contribution in [0.5, 0.6) is 0 Å². The Hall–Kier alpha value is -3.09. The highest BCUT2D eigenvalue weighted by molar-refractivity contribution is 5.96. The zero-order valence-corrected chi connectivity index (χ0v) is 11.2. The van der Waals surface area contributed by atoms with Crippen molar-refractivity contribution in [2.75, 3.05) is 11.1 Å². The number of nitrogens with one attached hydrogen (secondary N) is 1. The largest absolute Gasteiger partial charge is 0.478 e. The van der Waals surface area contributed by atoms with E-state index >= 15 is 0 Å². The summed E-state index contributed by atoms with van der Waals surface area (Å²) in [4.78, 5) is 21.3. The summed E-state index contributed by atoms with van der Waals surface area (Å²) >= 11 is 0. The van der Waals surface area contributed by atoms with Crippen LogP contribution in [0.3, 0.4) is 0 Å². The van der Waals surface area contributed by atoms with E-state index in [9.17, 15) is 20.0 Å². The molecule has 0 heterocycles. The van der Waals surface area contributed by atoms with Gasteiger partial charge in [-0.05, 0) is 25.1 Å². The first kappa shape index (κ1) is 14.3. The van der Waals surface area contributed by atoms with E-state index in [1.165, 1.54) is 24.3 Å². The number of benzene rings is 2. The highest BCUT2D eigenvalue weighted by Gasteiger charge is 2.13. The Morgan fingerprint density at radius 1 is 1.24 bits per heavy atom. The SMILES string of the molecule is Cc1ccc(Nc2ccc([N+](=O)[O-])cc2N)c(C(=O)O)c1. The van der Waals surface area contributed by atoms with E-state index in [4.69, 9.17) is 5.73 Å². The van der Waals surface area contributed by atoms with Crippen molar-refractivity contribution in [3.8, 4) is 0 Å². The van der Waals surface area contributed by atoms with Gasteiger partial charge in [0.15, 0.2) is 0 Å². The third-order valence-electron chi connectivity index (χ3n) is 2.92. The van der Waals surface area contributed by atoms with E-state index in [1.807, 2.05) is 0 Å². The summed E-state index contributed by atoms with van der Waals surface area (Å²) in [7, 11) is 0. The van der Waals surface area contributed by atoms with Crippen molar-refractivity contribution >= 4 is 28.7 Å². The Kier molecular flexibility index (Phi) is 3.75. The van der Waals surface area contributed by atoms with E-state index in [-0.39, 0.29) is 16.9 Å². The molecule has 108 valence electrons. The minimum absolute atomic E-state index is 0.104. The molecule has 21 heavy (non-hydrogen) atoms. The van der Waals surface area contributed by atoms with Gasteiger partial charge in [-0.25, -0.2) is 4.79 Å². The summed E-state index contributed by atoms with van der Waals surface area (Å²) in [5, 5.41) is 22.7. The second kappa shape index (κ2) is 5.49. The lowest BCUT2D eigenvalue weighted by Gasteiger charge is -2.12. The Morgan fingerprint density at radius 2 is 1.90 bits per heavy atom. The number of carbonyl (C=O) groups is 1. The van der Waals surface area contributed by atoms with Crippen molar-refractivity contribution in [1.82, 2.24) is 0 Å². The molecule has 7 heteroatoms. The second-order valence-electron chi connectivity index (χ2n) is 4.51. The first-order valence-electron chi connectivity index (χ1n) is 6.03. The van der Waals surface area contributed by atoms with Crippen molar-refractivity contribution in [3.05, 3.63) is 57.6 Å². The zero-order valence-electron chi connectivity index (χ0n) is 11.2. The number of nitro groups is 1. The van der Waals surface area contributed by atoms with Crippen LogP contribution in [0, 0.1) is 17.0 Å². The predicted octanol–water partition coefficient (Wildman–Crippen LogP) is 2.93. The fraction of sp³-hybridized carbons (Fsp3) is 0.0714. The molecule has 0 aliphatic carbocycles. The molecule has 0 fully saturated rings. The quantitative estimate of drug-likeness (QED) is 0.452. The maximum absolute atomic E-state index is 11.2. The standard InChI is InChI=1S/C14H13N3O4/c1-8-2-4-12(10(6-8)14(18)19)16-13-5-3-9(17(20)21)7-11(13)15/h2-7,16H,15H2,1H3,(H,18,19). The number of nitrogens with two attached hydrogens (primary N) is 1. The number of rotatable bonds is 4. The average molecular weight is 287 g/mol. The number of hydrogen-bond donors (Lipinski definition) is 3. The van der Waals surface area contributed by atoms with Gasteiger partial charge in [0.25, 0.3) is 5.69 Å². The molecule has 0 spiro atoms. The van der Waals surface area contributed by atoms with Crippen LogP contribution < -0.4 is 11.1 Å². The molecule has 0 radical (unpaired) electrons. The molecule has 4 N–H and O–H groups in total. The monoisotopic (exact) mass is 287 g/mol. The molecule has 2 aromatic rings. The molecule has 0 aliphatic heterocycles. The van der Waals surface area contributed by atoms with E-state index in [1.54, 1.807) is 19.1 Å². The third kappa shape index (κ3) is 3.08. The van der Waals surface area contributed by atoms with Crippen LogP contribution in [0.15, 0.2) is 36.4 Å². The van der Waals surface area contributed by atoms with Crippen LogP contribution in [-0.2, 0) is 0 Å². The lowest BCUT2D eigenvalue weighted by Crippen LogP contribution is -2.04. The smallest absolute Gasteiger partial charge is 0.337 e. The summed E-state index contributed by atoms with van der Waals surface area (Å²) in [6.45, 7) is 1.79. The highest BCUT2D eigenvalue weighted by Crippen LogP contribution is 2.29. The van der Waals surface area contributed by atoms with Gasteiger partial charge in [-0.3, -0.25) is 10.1 Å². The number of nitro benzene ring substituents is 1. The molecule has 0 amide bonds. The molecule has 0 aromatic heterocycles. The summed E-state index contributed by atoms with van der Waals surface area (Å²) in [5.74, 6) is -1.07. The van der Waals surface area contributed by atoms with Gasteiger partial charge in [0.2, 0.25) is 0 Å². The van der Waals surface area contributed by atoms with Gasteiger partial charge in [0.05, 0.1) is 27.5 Å². The fourth-order valence-electron chi connectivity index (χ4n) is 1.87. The van der Waals surface area contributed by atoms with E-state index in [0.29, 0.717) is 11.4 Å². The topological polar surface area (TPSA) is 118 Å². The van der Waals surface area contributed by atoms with Crippen LogP contribution in [0.1, 0.15) is 15.9 Å². The van der Waals surface area contributed by atoms with Crippen molar-refractivity contribution in [1.29, 1.82) is 0 Å². The maximum Gasteiger partial charge on any atom is 0.337 e. The van der Waals surface area contributed by atoms with Crippen molar-refractivity contribution in [3.63, 3.8) is 0 Å². The predicted molar refractivity (Wildman–Crippen MR) is 78.9 cm³/mol. The van der Waals surface area contributed by atoms with Crippen molar-refractivity contribution in [2.45, 2.75) is 6.92 Å². The van der Waals surface area contributed by atoms with Crippen LogP contribution in [0.25, 0.3) is 0 Å². The van der Waals surface area contributed by atoms with Crippen LogP contribution >= 0.6 is 0 Å². The summed E-state index contributed by atoms with van der Waals surface area (Å²) in [6.07, 6.45) is 0. The number of carboxylic acid groups (broad SMARTS) is 1. The molecule has 0 saturated heterocycles. The molecular weight excluding hydrogens is 274 g/mol. The number of nitrogens with zero attached hydrogens (tertiary/aromatic N) is 1. The zero-order chi connectivity index (χ0) is 15.6. The first-order valence-corrected chi connectivity index (χ1v) is 6.03. The number of aromatic carboxylic acids is 1. The molecule has 7 nitrogen and oxygen atoms in total. The number of non-ortho nitro benzene ring substituents is 1. The van der Waals surface area contributed by atoms with Crippen molar-refractivity contribution in [2.24, 2.45) is 0 Å². The molecule has 0 saturated carbocycles. The normalized spacial score (nSPS) is 10.1.